The molecule has 7 nitrogen and oxygen atoms in total. The molecule has 2 aromatic heterocycles. The van der Waals surface area contributed by atoms with Gasteiger partial charge in [0.05, 0.1) is 17.8 Å². The van der Waals surface area contributed by atoms with Gasteiger partial charge in [0.2, 0.25) is 0 Å². The van der Waals surface area contributed by atoms with Crippen molar-refractivity contribution in [2.75, 3.05) is 5.32 Å². The summed E-state index contributed by atoms with van der Waals surface area (Å²) in [4.78, 5) is 24.1. The number of rotatable bonds is 4. The smallest absolute Gasteiger partial charge is 0.317 e. The van der Waals surface area contributed by atoms with Crippen molar-refractivity contribution in [3.63, 3.8) is 0 Å². The molecule has 0 aliphatic heterocycles. The van der Waals surface area contributed by atoms with Crippen LogP contribution < -0.4 is 16.8 Å². The summed E-state index contributed by atoms with van der Waals surface area (Å²) in [7, 11) is 0. The number of anilines is 1. The first-order valence-electron chi connectivity index (χ1n) is 8.56. The van der Waals surface area contributed by atoms with Crippen LogP contribution >= 0.6 is 11.3 Å². The molecule has 0 unspecified atom stereocenters. The lowest BCUT2D eigenvalue weighted by Crippen LogP contribution is -2.22. The molecule has 2 heterocycles. The largest absolute Gasteiger partial charge is 0.365 e. The third kappa shape index (κ3) is 3.19. The van der Waals surface area contributed by atoms with Crippen molar-refractivity contribution in [2.45, 2.75) is 26.3 Å². The molecule has 4 rings (SSSR count). The van der Waals surface area contributed by atoms with Crippen LogP contribution in [0.25, 0.3) is 10.4 Å². The van der Waals surface area contributed by atoms with Gasteiger partial charge in [0.1, 0.15) is 5.00 Å². The number of nitrogens with zero attached hydrogens (tertiary/aromatic N) is 2. The first kappa shape index (κ1) is 17.3. The Morgan fingerprint density at radius 1 is 1.22 bits per heavy atom. The summed E-state index contributed by atoms with van der Waals surface area (Å²) in [5.74, 6) is -0.563. The van der Waals surface area contributed by atoms with Gasteiger partial charge in [-0.25, -0.2) is 4.79 Å². The molecule has 0 bridgehead atoms. The highest BCUT2D eigenvalue weighted by molar-refractivity contribution is 7.20. The quantitative estimate of drug-likeness (QED) is 0.645. The first-order chi connectivity index (χ1) is 12.9. The molecule has 1 aliphatic rings. The van der Waals surface area contributed by atoms with Crippen LogP contribution in [-0.2, 0) is 19.4 Å². The molecule has 1 aliphatic carbocycles. The highest BCUT2D eigenvalue weighted by atomic mass is 32.1. The summed E-state index contributed by atoms with van der Waals surface area (Å²) in [5, 5.41) is 7.63. The van der Waals surface area contributed by atoms with E-state index in [1.54, 1.807) is 0 Å². The van der Waals surface area contributed by atoms with Gasteiger partial charge >= 0.3 is 6.03 Å². The predicted molar refractivity (Wildman–Crippen MR) is 105 cm³/mol. The lowest BCUT2D eigenvalue weighted by atomic mass is 9.94. The predicted octanol–water partition coefficient (Wildman–Crippen LogP) is 2.66. The average molecular weight is 381 g/mol. The van der Waals surface area contributed by atoms with Gasteiger partial charge in [0.15, 0.2) is 0 Å². The number of benzene rings is 1. The Hall–Kier alpha value is -3.13. The molecule has 1 aromatic carbocycles. The van der Waals surface area contributed by atoms with Crippen molar-refractivity contribution >= 4 is 28.3 Å². The van der Waals surface area contributed by atoms with Gasteiger partial charge in [-0.05, 0) is 30.9 Å². The molecule has 3 amide bonds. The standard InChI is InChI=1S/C19H19N5O2S/c1-10-2-4-11(5-3-10)8-24-9-13-14(23-24)7-6-12-15(17(20)25)18(22-19(21)26)27-16(12)13/h2-5,9H,6-8H2,1H3,(H2,20,25)(H3,21,22,26). The van der Waals surface area contributed by atoms with E-state index in [0.717, 1.165) is 28.1 Å². The van der Waals surface area contributed by atoms with E-state index in [1.807, 2.05) is 10.9 Å². The fraction of sp³-hybridized carbons (Fsp3) is 0.211. The molecule has 0 fully saturated rings. The number of fused-ring (bicyclic) bond motifs is 3. The Labute approximate surface area is 160 Å². The fourth-order valence-corrected chi connectivity index (χ4v) is 4.71. The number of urea groups is 1. The van der Waals surface area contributed by atoms with Crippen molar-refractivity contribution in [1.29, 1.82) is 0 Å². The minimum absolute atomic E-state index is 0.353. The third-order valence-electron chi connectivity index (χ3n) is 4.65. The summed E-state index contributed by atoms with van der Waals surface area (Å²) in [6.07, 6.45) is 3.36. The topological polar surface area (TPSA) is 116 Å². The number of hydrogen-bond acceptors (Lipinski definition) is 4. The normalized spacial score (nSPS) is 12.3. The maximum atomic E-state index is 11.9. The zero-order valence-electron chi connectivity index (χ0n) is 14.8. The fourth-order valence-electron chi connectivity index (χ4n) is 3.42. The van der Waals surface area contributed by atoms with E-state index in [1.165, 1.54) is 22.5 Å². The van der Waals surface area contributed by atoms with Crippen molar-refractivity contribution in [3.05, 3.63) is 58.4 Å². The number of aryl methyl sites for hydroxylation is 2. The summed E-state index contributed by atoms with van der Waals surface area (Å²) in [6, 6.07) is 7.62. The molecule has 0 saturated heterocycles. The van der Waals surface area contributed by atoms with Crippen LogP contribution in [0.2, 0.25) is 0 Å². The summed E-state index contributed by atoms with van der Waals surface area (Å²) >= 11 is 1.32. The van der Waals surface area contributed by atoms with E-state index in [-0.39, 0.29) is 0 Å². The highest BCUT2D eigenvalue weighted by Crippen LogP contribution is 2.44. The van der Waals surface area contributed by atoms with Crippen molar-refractivity contribution < 1.29 is 9.59 Å². The van der Waals surface area contributed by atoms with Gasteiger partial charge < -0.3 is 11.5 Å². The molecule has 3 aromatic rings. The number of nitrogens with one attached hydrogen (secondary N) is 1. The van der Waals surface area contributed by atoms with Crippen molar-refractivity contribution in [3.8, 4) is 10.4 Å². The Kier molecular flexibility index (Phi) is 4.19. The van der Waals surface area contributed by atoms with Crippen LogP contribution in [0.15, 0.2) is 30.5 Å². The van der Waals surface area contributed by atoms with E-state index < -0.39 is 11.9 Å². The second-order valence-electron chi connectivity index (χ2n) is 6.64. The van der Waals surface area contributed by atoms with E-state index in [0.29, 0.717) is 23.5 Å². The number of hydrogen-bond donors (Lipinski definition) is 3. The lowest BCUT2D eigenvalue weighted by Gasteiger charge is -2.11. The Bertz CT molecular complexity index is 1050. The average Bonchev–Trinajstić information content (AvgIpc) is 3.16. The van der Waals surface area contributed by atoms with Crippen LogP contribution in [0.4, 0.5) is 9.80 Å². The maximum Gasteiger partial charge on any atom is 0.317 e. The Morgan fingerprint density at radius 3 is 2.63 bits per heavy atom. The Morgan fingerprint density at radius 2 is 1.96 bits per heavy atom. The SMILES string of the molecule is Cc1ccc(Cn2cc3c(n2)CCc2c-3sc(NC(N)=O)c2C(N)=O)cc1. The highest BCUT2D eigenvalue weighted by Gasteiger charge is 2.29. The monoisotopic (exact) mass is 381 g/mol. The van der Waals surface area contributed by atoms with Gasteiger partial charge in [-0.3, -0.25) is 14.8 Å². The van der Waals surface area contributed by atoms with E-state index >= 15 is 0 Å². The Balaban J connectivity index is 1.72. The second kappa shape index (κ2) is 6.55. The number of aromatic nitrogens is 2. The zero-order chi connectivity index (χ0) is 19.1. The maximum absolute atomic E-state index is 11.9. The van der Waals surface area contributed by atoms with Gasteiger partial charge in [0.25, 0.3) is 5.91 Å². The molecule has 27 heavy (non-hydrogen) atoms. The van der Waals surface area contributed by atoms with E-state index in [4.69, 9.17) is 16.6 Å². The molecule has 0 spiro atoms. The molecule has 5 N–H and O–H groups in total. The van der Waals surface area contributed by atoms with Crippen LogP contribution in [0.5, 0.6) is 0 Å². The van der Waals surface area contributed by atoms with Crippen LogP contribution in [0.3, 0.4) is 0 Å². The van der Waals surface area contributed by atoms with Gasteiger partial charge in [-0.15, -0.1) is 11.3 Å². The van der Waals surface area contributed by atoms with Crippen LogP contribution in [0.1, 0.15) is 32.7 Å². The van der Waals surface area contributed by atoms with E-state index in [2.05, 4.69) is 36.5 Å². The summed E-state index contributed by atoms with van der Waals surface area (Å²) in [5.41, 5.74) is 16.3. The molecule has 138 valence electrons. The first-order valence-corrected chi connectivity index (χ1v) is 9.38. The number of thiophene rings is 1. The van der Waals surface area contributed by atoms with Gasteiger partial charge in [-0.2, -0.15) is 5.10 Å². The molecule has 0 saturated carbocycles. The number of carbonyl (C=O) groups is 2. The number of nitrogens with two attached hydrogens (primary N) is 2. The van der Waals surface area contributed by atoms with Gasteiger partial charge in [0, 0.05) is 16.6 Å². The molecular weight excluding hydrogens is 362 g/mol. The van der Waals surface area contributed by atoms with Crippen molar-refractivity contribution in [2.24, 2.45) is 11.5 Å². The third-order valence-corrected chi connectivity index (χ3v) is 5.83. The zero-order valence-corrected chi connectivity index (χ0v) is 15.6. The second-order valence-corrected chi connectivity index (χ2v) is 7.66. The lowest BCUT2D eigenvalue weighted by molar-refractivity contribution is 0.100. The minimum atomic E-state index is -0.716. The number of carbonyl (C=O) groups excluding carboxylic acids is 2. The van der Waals surface area contributed by atoms with Crippen LogP contribution in [0, 0.1) is 6.92 Å². The molecular formula is C19H19N5O2S. The van der Waals surface area contributed by atoms with Crippen molar-refractivity contribution in [1.82, 2.24) is 9.78 Å². The molecule has 0 radical (unpaired) electrons. The summed E-state index contributed by atoms with van der Waals surface area (Å²) in [6.45, 7) is 2.73. The summed E-state index contributed by atoms with van der Waals surface area (Å²) < 4.78 is 1.91. The van der Waals surface area contributed by atoms with Crippen LogP contribution in [-0.4, -0.2) is 21.7 Å². The van der Waals surface area contributed by atoms with E-state index in [9.17, 15) is 9.59 Å². The van der Waals surface area contributed by atoms with Gasteiger partial charge in [-0.1, -0.05) is 29.8 Å². The minimum Gasteiger partial charge on any atom is -0.365 e. The number of amides is 3. The number of primary amides is 2. The molecule has 8 heteroatoms. The molecule has 0 atom stereocenters.